The second kappa shape index (κ2) is 7.17. The van der Waals surface area contributed by atoms with Gasteiger partial charge in [0.25, 0.3) is 0 Å². The lowest BCUT2D eigenvalue weighted by Gasteiger charge is -2.18. The zero-order chi connectivity index (χ0) is 11.9. The molecule has 1 aliphatic carbocycles. The topological polar surface area (TPSA) is 16.6 Å². The highest BCUT2D eigenvalue weighted by molar-refractivity contribution is 9.10. The van der Waals surface area contributed by atoms with Crippen LogP contribution in [0.3, 0.4) is 0 Å². The van der Waals surface area contributed by atoms with Crippen LogP contribution < -0.4 is 5.32 Å². The first kappa shape index (κ1) is 13.1. The van der Waals surface area contributed by atoms with Gasteiger partial charge in [0.2, 0.25) is 0 Å². The summed E-state index contributed by atoms with van der Waals surface area (Å²) < 4.78 is 1.17. The lowest BCUT2D eigenvalue weighted by atomic mass is 9.96. The molecule has 17 heavy (non-hydrogen) atoms. The first-order valence-electron chi connectivity index (χ1n) is 6.92. The van der Waals surface area contributed by atoms with E-state index < -0.39 is 0 Å². The lowest BCUT2D eigenvalue weighted by molar-refractivity contribution is -0.706. The minimum atomic E-state index is 0.860. The highest BCUT2D eigenvalue weighted by atomic mass is 79.9. The molecular formula is C15H23BrN+. The van der Waals surface area contributed by atoms with E-state index in [0.29, 0.717) is 0 Å². The monoisotopic (exact) mass is 296 g/mol. The average molecular weight is 297 g/mol. The highest BCUT2D eigenvalue weighted by Gasteiger charge is 2.13. The second-order valence-electron chi connectivity index (χ2n) is 5.17. The summed E-state index contributed by atoms with van der Waals surface area (Å²) in [4.78, 5) is 0. The van der Waals surface area contributed by atoms with E-state index in [9.17, 15) is 0 Å². The largest absolute Gasteiger partial charge is 0.340 e. The van der Waals surface area contributed by atoms with Crippen molar-refractivity contribution in [2.24, 2.45) is 0 Å². The molecule has 1 nitrogen and oxygen atoms in total. The average Bonchev–Trinajstić information content (AvgIpc) is 2.30. The molecule has 0 spiro atoms. The van der Waals surface area contributed by atoms with Crippen molar-refractivity contribution in [2.75, 3.05) is 0 Å². The van der Waals surface area contributed by atoms with Crippen LogP contribution in [0.1, 0.15) is 50.5 Å². The van der Waals surface area contributed by atoms with Crippen LogP contribution in [0.5, 0.6) is 0 Å². The molecule has 1 aliphatic rings. The third kappa shape index (κ3) is 4.81. The fourth-order valence-electron chi connectivity index (χ4n) is 2.65. The van der Waals surface area contributed by atoms with E-state index in [-0.39, 0.29) is 0 Å². The van der Waals surface area contributed by atoms with Crippen LogP contribution in [0.25, 0.3) is 0 Å². The van der Waals surface area contributed by atoms with Crippen LogP contribution in [-0.4, -0.2) is 6.04 Å². The highest BCUT2D eigenvalue weighted by Crippen LogP contribution is 2.15. The predicted octanol–water partition coefficient (Wildman–Crippen LogP) is 3.63. The Morgan fingerprint density at radius 3 is 2.18 bits per heavy atom. The molecule has 0 unspecified atom stereocenters. The Balaban J connectivity index is 1.77. The van der Waals surface area contributed by atoms with Gasteiger partial charge < -0.3 is 5.32 Å². The van der Waals surface area contributed by atoms with Gasteiger partial charge >= 0.3 is 0 Å². The SMILES string of the molecule is Brc1ccc(C[NH2+]C2CCCCCCC2)cc1. The molecule has 0 radical (unpaired) electrons. The number of halogens is 1. The van der Waals surface area contributed by atoms with Gasteiger partial charge in [-0.3, -0.25) is 0 Å². The second-order valence-corrected chi connectivity index (χ2v) is 6.09. The van der Waals surface area contributed by atoms with Crippen molar-refractivity contribution < 1.29 is 5.32 Å². The van der Waals surface area contributed by atoms with Gasteiger partial charge in [0, 0.05) is 10.0 Å². The number of benzene rings is 1. The minimum absolute atomic E-state index is 0.860. The van der Waals surface area contributed by atoms with Crippen molar-refractivity contribution in [1.82, 2.24) is 0 Å². The molecule has 0 atom stereocenters. The summed E-state index contributed by atoms with van der Waals surface area (Å²) in [7, 11) is 0. The molecular weight excluding hydrogens is 274 g/mol. The predicted molar refractivity (Wildman–Crippen MR) is 75.9 cm³/mol. The van der Waals surface area contributed by atoms with Crippen molar-refractivity contribution >= 4 is 15.9 Å². The van der Waals surface area contributed by atoms with Gasteiger partial charge in [-0.1, -0.05) is 47.3 Å². The molecule has 0 aromatic heterocycles. The van der Waals surface area contributed by atoms with E-state index in [1.165, 1.54) is 55.0 Å². The van der Waals surface area contributed by atoms with Crippen molar-refractivity contribution in [1.29, 1.82) is 0 Å². The van der Waals surface area contributed by atoms with Crippen molar-refractivity contribution in [3.8, 4) is 0 Å². The van der Waals surface area contributed by atoms with Gasteiger partial charge in [-0.15, -0.1) is 0 Å². The molecule has 1 aromatic carbocycles. The molecule has 2 rings (SSSR count). The Labute approximate surface area is 113 Å². The van der Waals surface area contributed by atoms with Crippen LogP contribution in [0.15, 0.2) is 28.7 Å². The maximum Gasteiger partial charge on any atom is 0.101 e. The smallest absolute Gasteiger partial charge is 0.101 e. The molecule has 1 saturated carbocycles. The Bertz CT molecular complexity index is 312. The summed E-state index contributed by atoms with van der Waals surface area (Å²) in [5.41, 5.74) is 1.44. The Morgan fingerprint density at radius 1 is 0.941 bits per heavy atom. The standard InChI is InChI=1S/C15H22BrN/c16-14-10-8-13(9-11-14)12-17-15-6-4-2-1-3-5-7-15/h8-11,15,17H,1-7,12H2/p+1. The fraction of sp³-hybridized carbons (Fsp3) is 0.600. The zero-order valence-corrected chi connectivity index (χ0v) is 12.1. The molecule has 0 aliphatic heterocycles. The Kier molecular flexibility index (Phi) is 5.53. The van der Waals surface area contributed by atoms with Gasteiger partial charge in [-0.05, 0) is 37.8 Å². The minimum Gasteiger partial charge on any atom is -0.340 e. The normalized spacial score (nSPS) is 18.6. The third-order valence-corrected chi connectivity index (χ3v) is 4.28. The maximum absolute atomic E-state index is 3.48. The quantitative estimate of drug-likeness (QED) is 0.877. The molecule has 0 bridgehead atoms. The Hall–Kier alpha value is -0.340. The van der Waals surface area contributed by atoms with E-state index in [2.05, 4.69) is 45.5 Å². The van der Waals surface area contributed by atoms with Crippen LogP contribution in [0, 0.1) is 0 Å². The Morgan fingerprint density at radius 2 is 1.53 bits per heavy atom. The summed E-state index contributed by atoms with van der Waals surface area (Å²) in [6.45, 7) is 1.14. The van der Waals surface area contributed by atoms with Crippen LogP contribution >= 0.6 is 15.9 Å². The van der Waals surface area contributed by atoms with Crippen molar-refractivity contribution in [3.63, 3.8) is 0 Å². The molecule has 0 amide bonds. The van der Waals surface area contributed by atoms with Gasteiger partial charge in [-0.25, -0.2) is 0 Å². The van der Waals surface area contributed by atoms with Gasteiger partial charge in [0.05, 0.1) is 6.04 Å². The zero-order valence-electron chi connectivity index (χ0n) is 10.5. The van der Waals surface area contributed by atoms with Gasteiger partial charge in [0.15, 0.2) is 0 Å². The third-order valence-electron chi connectivity index (χ3n) is 3.75. The number of quaternary nitrogens is 1. The lowest BCUT2D eigenvalue weighted by Crippen LogP contribution is -2.88. The van der Waals surface area contributed by atoms with E-state index in [0.717, 1.165) is 12.6 Å². The molecule has 1 aromatic rings. The fourth-order valence-corrected chi connectivity index (χ4v) is 2.91. The van der Waals surface area contributed by atoms with E-state index in [1.807, 2.05) is 0 Å². The van der Waals surface area contributed by atoms with Crippen LogP contribution in [-0.2, 0) is 6.54 Å². The summed E-state index contributed by atoms with van der Waals surface area (Å²) in [6.07, 6.45) is 10.0. The number of hydrogen-bond donors (Lipinski definition) is 1. The van der Waals surface area contributed by atoms with Crippen molar-refractivity contribution in [3.05, 3.63) is 34.3 Å². The van der Waals surface area contributed by atoms with Gasteiger partial charge in [0.1, 0.15) is 6.54 Å². The van der Waals surface area contributed by atoms with E-state index >= 15 is 0 Å². The van der Waals surface area contributed by atoms with E-state index in [4.69, 9.17) is 0 Å². The number of hydrogen-bond acceptors (Lipinski definition) is 0. The summed E-state index contributed by atoms with van der Waals surface area (Å²) in [6, 6.07) is 9.59. The molecule has 0 saturated heterocycles. The molecule has 2 N–H and O–H groups in total. The van der Waals surface area contributed by atoms with Crippen LogP contribution in [0.2, 0.25) is 0 Å². The number of rotatable bonds is 3. The molecule has 2 heteroatoms. The first-order valence-corrected chi connectivity index (χ1v) is 7.71. The summed E-state index contributed by atoms with van der Waals surface area (Å²) in [5, 5.41) is 2.55. The molecule has 1 fully saturated rings. The maximum atomic E-state index is 3.48. The van der Waals surface area contributed by atoms with Gasteiger partial charge in [-0.2, -0.15) is 0 Å². The van der Waals surface area contributed by atoms with Crippen molar-refractivity contribution in [2.45, 2.75) is 57.5 Å². The number of nitrogens with two attached hydrogens (primary N) is 1. The summed E-state index contributed by atoms with van der Waals surface area (Å²) >= 11 is 3.48. The van der Waals surface area contributed by atoms with E-state index in [1.54, 1.807) is 0 Å². The first-order chi connectivity index (χ1) is 8.34. The van der Waals surface area contributed by atoms with Crippen LogP contribution in [0.4, 0.5) is 0 Å². The summed E-state index contributed by atoms with van der Waals surface area (Å²) in [5.74, 6) is 0. The molecule has 0 heterocycles. The molecule has 94 valence electrons.